The normalized spacial score (nSPS) is 21.5. The Morgan fingerprint density at radius 3 is 2.41 bits per heavy atom. The summed E-state index contributed by atoms with van der Waals surface area (Å²) in [7, 11) is 3.24. The number of methoxy groups -OCH3 is 2. The van der Waals surface area contributed by atoms with Gasteiger partial charge in [-0.1, -0.05) is 12.1 Å². The SMILES string of the molecule is COc1ccc2c(c1)OC(=O)[C@@H]1c3ccc(OC)cc3S[C@H]21. The van der Waals surface area contributed by atoms with E-state index in [1.165, 1.54) is 0 Å². The zero-order valence-corrected chi connectivity index (χ0v) is 13.0. The van der Waals surface area contributed by atoms with E-state index in [4.69, 9.17) is 14.2 Å². The van der Waals surface area contributed by atoms with E-state index in [-0.39, 0.29) is 17.1 Å². The molecule has 0 aliphatic carbocycles. The number of rotatable bonds is 2. The van der Waals surface area contributed by atoms with Gasteiger partial charge in [0.25, 0.3) is 0 Å². The topological polar surface area (TPSA) is 44.8 Å². The first-order chi connectivity index (χ1) is 10.7. The van der Waals surface area contributed by atoms with Crippen molar-refractivity contribution in [3.05, 3.63) is 47.5 Å². The second-order valence-electron chi connectivity index (χ2n) is 5.24. The van der Waals surface area contributed by atoms with E-state index in [0.717, 1.165) is 21.8 Å². The van der Waals surface area contributed by atoms with Crippen LogP contribution in [0.15, 0.2) is 41.3 Å². The minimum absolute atomic E-state index is 0.0456. The highest BCUT2D eigenvalue weighted by Gasteiger charge is 2.45. The molecule has 0 amide bonds. The average molecular weight is 314 g/mol. The van der Waals surface area contributed by atoms with Gasteiger partial charge in [0.05, 0.1) is 25.4 Å². The molecular weight excluding hydrogens is 300 g/mol. The van der Waals surface area contributed by atoms with Gasteiger partial charge in [-0.2, -0.15) is 0 Å². The average Bonchev–Trinajstić information content (AvgIpc) is 2.93. The van der Waals surface area contributed by atoms with Crippen LogP contribution in [-0.4, -0.2) is 20.2 Å². The molecule has 0 fully saturated rings. The van der Waals surface area contributed by atoms with Crippen molar-refractivity contribution in [3.8, 4) is 17.2 Å². The predicted molar refractivity (Wildman–Crippen MR) is 83.0 cm³/mol. The standard InChI is InChI=1S/C17H14O4S/c1-19-9-3-5-11-13(7-9)21-17(18)15-12-6-4-10(20-2)8-14(12)22-16(11)15/h3-8,15-16H,1-2H3/t15-,16-/m1/s1. The van der Waals surface area contributed by atoms with Crippen LogP contribution in [0.1, 0.15) is 22.3 Å². The number of carbonyl (C=O) groups excluding carboxylic acids is 1. The zero-order valence-electron chi connectivity index (χ0n) is 12.2. The fraction of sp³-hybridized carbons (Fsp3) is 0.235. The second kappa shape index (κ2) is 4.95. The lowest BCUT2D eigenvalue weighted by Gasteiger charge is -2.26. The number of fused-ring (bicyclic) bond motifs is 5. The summed E-state index contributed by atoms with van der Waals surface area (Å²) in [5.41, 5.74) is 2.05. The molecule has 5 heteroatoms. The van der Waals surface area contributed by atoms with E-state index in [1.807, 2.05) is 30.3 Å². The van der Waals surface area contributed by atoms with Crippen molar-refractivity contribution in [1.82, 2.24) is 0 Å². The molecular formula is C17H14O4S. The van der Waals surface area contributed by atoms with Crippen molar-refractivity contribution in [2.24, 2.45) is 0 Å². The molecule has 2 heterocycles. The minimum atomic E-state index is -0.258. The van der Waals surface area contributed by atoms with E-state index < -0.39 is 0 Å². The summed E-state index contributed by atoms with van der Waals surface area (Å²) in [6.45, 7) is 0. The summed E-state index contributed by atoms with van der Waals surface area (Å²) in [4.78, 5) is 13.5. The van der Waals surface area contributed by atoms with Gasteiger partial charge in [0.15, 0.2) is 0 Å². The molecule has 22 heavy (non-hydrogen) atoms. The molecule has 0 bridgehead atoms. The largest absolute Gasteiger partial charge is 0.497 e. The number of ether oxygens (including phenoxy) is 3. The highest BCUT2D eigenvalue weighted by atomic mass is 32.2. The summed E-state index contributed by atoms with van der Waals surface area (Å²) in [5.74, 6) is 1.62. The summed E-state index contributed by atoms with van der Waals surface area (Å²) >= 11 is 1.69. The Labute approximate surface area is 132 Å². The van der Waals surface area contributed by atoms with Crippen LogP contribution in [0.5, 0.6) is 17.2 Å². The van der Waals surface area contributed by atoms with Crippen LogP contribution >= 0.6 is 11.8 Å². The fourth-order valence-corrected chi connectivity index (χ4v) is 4.50. The molecule has 0 unspecified atom stereocenters. The Kier molecular flexibility index (Phi) is 3.04. The number of hydrogen-bond donors (Lipinski definition) is 0. The number of hydrogen-bond acceptors (Lipinski definition) is 5. The van der Waals surface area contributed by atoms with E-state index >= 15 is 0 Å². The molecule has 2 aliphatic rings. The molecule has 4 rings (SSSR count). The van der Waals surface area contributed by atoms with Gasteiger partial charge in [-0.05, 0) is 23.8 Å². The first-order valence-electron chi connectivity index (χ1n) is 6.95. The summed E-state index contributed by atoms with van der Waals surface area (Å²) in [6, 6.07) is 11.5. The van der Waals surface area contributed by atoms with Crippen molar-refractivity contribution >= 4 is 17.7 Å². The monoisotopic (exact) mass is 314 g/mol. The summed E-state index contributed by atoms with van der Waals surface area (Å²) in [5, 5.41) is 0.0456. The molecule has 2 aromatic carbocycles. The van der Waals surface area contributed by atoms with Crippen molar-refractivity contribution < 1.29 is 19.0 Å². The zero-order chi connectivity index (χ0) is 15.3. The lowest BCUT2D eigenvalue weighted by molar-refractivity contribution is -0.137. The summed E-state index contributed by atoms with van der Waals surface area (Å²) in [6.07, 6.45) is 0. The van der Waals surface area contributed by atoms with Crippen LogP contribution in [0.4, 0.5) is 0 Å². The molecule has 0 N–H and O–H groups in total. The molecule has 2 aliphatic heterocycles. The van der Waals surface area contributed by atoms with E-state index in [2.05, 4.69) is 0 Å². The van der Waals surface area contributed by atoms with Crippen molar-refractivity contribution in [3.63, 3.8) is 0 Å². The van der Waals surface area contributed by atoms with Gasteiger partial charge >= 0.3 is 5.97 Å². The Morgan fingerprint density at radius 2 is 1.68 bits per heavy atom. The lowest BCUT2D eigenvalue weighted by atomic mass is 9.89. The van der Waals surface area contributed by atoms with Gasteiger partial charge in [0.1, 0.15) is 17.2 Å². The van der Waals surface area contributed by atoms with Crippen LogP contribution in [0.2, 0.25) is 0 Å². The molecule has 2 aromatic rings. The molecule has 0 saturated heterocycles. The van der Waals surface area contributed by atoms with Gasteiger partial charge in [-0.15, -0.1) is 11.8 Å². The molecule has 0 saturated carbocycles. The van der Waals surface area contributed by atoms with Gasteiger partial charge in [0, 0.05) is 16.5 Å². The Bertz CT molecular complexity index is 771. The van der Waals surface area contributed by atoms with Crippen LogP contribution in [0.25, 0.3) is 0 Å². The molecule has 2 atom stereocenters. The Hall–Kier alpha value is -2.14. The van der Waals surface area contributed by atoms with Gasteiger partial charge in [0.2, 0.25) is 0 Å². The first-order valence-corrected chi connectivity index (χ1v) is 7.83. The maximum atomic E-state index is 12.4. The van der Waals surface area contributed by atoms with Gasteiger partial charge < -0.3 is 14.2 Å². The molecule has 4 nitrogen and oxygen atoms in total. The third kappa shape index (κ3) is 1.89. The second-order valence-corrected chi connectivity index (χ2v) is 6.43. The first kappa shape index (κ1) is 13.5. The van der Waals surface area contributed by atoms with Crippen LogP contribution in [0.3, 0.4) is 0 Å². The van der Waals surface area contributed by atoms with Crippen LogP contribution in [0, 0.1) is 0 Å². The number of esters is 1. The Balaban J connectivity index is 1.81. The summed E-state index contributed by atoms with van der Waals surface area (Å²) < 4.78 is 16.0. The van der Waals surface area contributed by atoms with E-state index in [1.54, 1.807) is 32.0 Å². The predicted octanol–water partition coefficient (Wildman–Crippen LogP) is 3.55. The third-order valence-corrected chi connectivity index (χ3v) is 5.49. The Morgan fingerprint density at radius 1 is 1.00 bits per heavy atom. The van der Waals surface area contributed by atoms with Gasteiger partial charge in [-0.25, -0.2) is 0 Å². The number of thioether (sulfide) groups is 1. The molecule has 0 spiro atoms. The molecule has 0 radical (unpaired) electrons. The maximum absolute atomic E-state index is 12.4. The van der Waals surface area contributed by atoms with Crippen molar-refractivity contribution in [2.45, 2.75) is 16.1 Å². The highest BCUT2D eigenvalue weighted by Crippen LogP contribution is 2.59. The third-order valence-electron chi connectivity index (χ3n) is 4.10. The smallest absolute Gasteiger partial charge is 0.320 e. The number of benzene rings is 2. The molecule has 112 valence electrons. The van der Waals surface area contributed by atoms with Gasteiger partial charge in [-0.3, -0.25) is 4.79 Å². The van der Waals surface area contributed by atoms with Crippen molar-refractivity contribution in [2.75, 3.05) is 14.2 Å². The number of carbonyl (C=O) groups is 1. The van der Waals surface area contributed by atoms with E-state index in [0.29, 0.717) is 11.5 Å². The quantitative estimate of drug-likeness (QED) is 0.626. The minimum Gasteiger partial charge on any atom is -0.497 e. The van der Waals surface area contributed by atoms with Crippen LogP contribution < -0.4 is 14.2 Å². The fourth-order valence-electron chi connectivity index (χ4n) is 3.00. The molecule has 0 aromatic heterocycles. The highest BCUT2D eigenvalue weighted by molar-refractivity contribution is 8.00. The van der Waals surface area contributed by atoms with Crippen LogP contribution in [-0.2, 0) is 4.79 Å². The lowest BCUT2D eigenvalue weighted by Crippen LogP contribution is -2.26. The van der Waals surface area contributed by atoms with Crippen molar-refractivity contribution in [1.29, 1.82) is 0 Å². The van der Waals surface area contributed by atoms with E-state index in [9.17, 15) is 4.79 Å². The maximum Gasteiger partial charge on any atom is 0.320 e.